The Morgan fingerprint density at radius 2 is 1.88 bits per heavy atom. The van der Waals surface area contributed by atoms with Crippen LogP contribution in [0.1, 0.15) is 30.1 Å². The predicted molar refractivity (Wildman–Crippen MR) is 96.4 cm³/mol. The summed E-state index contributed by atoms with van der Waals surface area (Å²) in [6.45, 7) is 2.53. The average Bonchev–Trinajstić information content (AvgIpc) is 2.61. The Morgan fingerprint density at radius 1 is 1.20 bits per heavy atom. The van der Waals surface area contributed by atoms with E-state index in [4.69, 9.17) is 4.74 Å². The van der Waals surface area contributed by atoms with E-state index < -0.39 is 9.84 Å². The molecule has 3 atom stereocenters. The molecule has 2 N–H and O–H groups in total. The molecule has 0 fully saturated rings. The van der Waals surface area contributed by atoms with Crippen LogP contribution >= 0.6 is 0 Å². The molecule has 1 aliphatic rings. The largest absolute Gasteiger partial charge is 0.493 e. The fraction of sp³-hybridized carbons (Fsp3) is 0.368. The molecule has 5 nitrogen and oxygen atoms in total. The number of benzene rings is 2. The topological polar surface area (TPSA) is 75.6 Å². The van der Waals surface area contributed by atoms with E-state index in [1.165, 1.54) is 6.26 Å². The molecule has 0 saturated heterocycles. The summed E-state index contributed by atoms with van der Waals surface area (Å²) in [6, 6.07) is 14.7. The first kappa shape index (κ1) is 17.9. The van der Waals surface area contributed by atoms with Crippen LogP contribution in [0, 0.1) is 5.92 Å². The van der Waals surface area contributed by atoms with Crippen LogP contribution in [0.4, 0.5) is 0 Å². The van der Waals surface area contributed by atoms with Gasteiger partial charge in [-0.05, 0) is 30.7 Å². The lowest BCUT2D eigenvalue weighted by Crippen LogP contribution is -2.38. The third-order valence-electron chi connectivity index (χ3n) is 4.65. The zero-order valence-electron chi connectivity index (χ0n) is 14.3. The van der Waals surface area contributed by atoms with Crippen molar-refractivity contribution in [1.29, 1.82) is 0 Å². The number of sulfone groups is 1. The SMILES string of the molecule is CC(N[C@H]1c2ccccc2OC[C@H]1CO)c1ccc(S(C)(=O)=O)cc1. The molecule has 0 bridgehead atoms. The fourth-order valence-electron chi connectivity index (χ4n) is 3.17. The molecule has 0 amide bonds. The van der Waals surface area contributed by atoms with Crippen LogP contribution < -0.4 is 10.1 Å². The van der Waals surface area contributed by atoms with Gasteiger partial charge in [-0.1, -0.05) is 30.3 Å². The third-order valence-corrected chi connectivity index (χ3v) is 5.78. The highest BCUT2D eigenvalue weighted by Gasteiger charge is 2.31. The van der Waals surface area contributed by atoms with Gasteiger partial charge in [0, 0.05) is 29.8 Å². The van der Waals surface area contributed by atoms with E-state index in [1.807, 2.05) is 43.3 Å². The molecule has 1 heterocycles. The van der Waals surface area contributed by atoms with E-state index in [2.05, 4.69) is 5.32 Å². The van der Waals surface area contributed by atoms with Crippen molar-refractivity contribution in [3.05, 3.63) is 59.7 Å². The zero-order chi connectivity index (χ0) is 18.0. The number of aliphatic hydroxyl groups is 1. The monoisotopic (exact) mass is 361 g/mol. The molecule has 2 aromatic carbocycles. The van der Waals surface area contributed by atoms with E-state index in [-0.39, 0.29) is 24.6 Å². The summed E-state index contributed by atoms with van der Waals surface area (Å²) in [5.74, 6) is 0.803. The Kier molecular flexibility index (Phi) is 5.13. The molecule has 1 aliphatic heterocycles. The first-order valence-electron chi connectivity index (χ1n) is 8.29. The minimum absolute atomic E-state index is 0.00110. The normalized spacial score (nSPS) is 21.2. The molecule has 1 unspecified atom stereocenters. The fourth-order valence-corrected chi connectivity index (χ4v) is 3.80. The third kappa shape index (κ3) is 3.86. The molecule has 6 heteroatoms. The van der Waals surface area contributed by atoms with Gasteiger partial charge in [-0.2, -0.15) is 0 Å². The van der Waals surface area contributed by atoms with Gasteiger partial charge in [-0.15, -0.1) is 0 Å². The van der Waals surface area contributed by atoms with Crippen molar-refractivity contribution in [1.82, 2.24) is 5.32 Å². The number of rotatable bonds is 5. The molecule has 0 spiro atoms. The Bertz CT molecular complexity index is 833. The highest BCUT2D eigenvalue weighted by molar-refractivity contribution is 7.90. The molecule has 3 rings (SSSR count). The number of hydrogen-bond donors (Lipinski definition) is 2. The van der Waals surface area contributed by atoms with E-state index in [0.717, 1.165) is 16.9 Å². The van der Waals surface area contributed by atoms with Gasteiger partial charge in [0.25, 0.3) is 0 Å². The van der Waals surface area contributed by atoms with Gasteiger partial charge in [0.2, 0.25) is 0 Å². The lowest BCUT2D eigenvalue weighted by Gasteiger charge is -2.35. The van der Waals surface area contributed by atoms with E-state index in [9.17, 15) is 13.5 Å². The molecule has 0 saturated carbocycles. The first-order chi connectivity index (χ1) is 11.9. The van der Waals surface area contributed by atoms with Crippen molar-refractivity contribution in [2.45, 2.75) is 23.9 Å². The van der Waals surface area contributed by atoms with Crippen LogP contribution in [0.3, 0.4) is 0 Å². The van der Waals surface area contributed by atoms with Gasteiger partial charge >= 0.3 is 0 Å². The summed E-state index contributed by atoms with van der Waals surface area (Å²) in [5.41, 5.74) is 2.03. The van der Waals surface area contributed by atoms with Crippen LogP contribution in [-0.4, -0.2) is 33.0 Å². The van der Waals surface area contributed by atoms with Gasteiger partial charge in [-0.3, -0.25) is 0 Å². The van der Waals surface area contributed by atoms with Crippen LogP contribution in [0.2, 0.25) is 0 Å². The highest BCUT2D eigenvalue weighted by atomic mass is 32.2. The van der Waals surface area contributed by atoms with E-state index >= 15 is 0 Å². The second-order valence-corrected chi connectivity index (χ2v) is 8.51. The minimum Gasteiger partial charge on any atom is -0.493 e. The minimum atomic E-state index is -3.20. The summed E-state index contributed by atoms with van der Waals surface area (Å²) in [6.07, 6.45) is 1.20. The summed E-state index contributed by atoms with van der Waals surface area (Å²) in [4.78, 5) is 0.313. The van der Waals surface area contributed by atoms with Gasteiger partial charge < -0.3 is 15.2 Å². The smallest absolute Gasteiger partial charge is 0.175 e. The van der Waals surface area contributed by atoms with E-state index in [1.54, 1.807) is 12.1 Å². The standard InChI is InChI=1S/C19H23NO4S/c1-13(14-7-9-16(10-8-14)25(2,22)23)20-19-15(11-21)12-24-18-6-4-3-5-17(18)19/h3-10,13,15,19-21H,11-12H2,1-2H3/t13?,15-,19-/m1/s1. The highest BCUT2D eigenvalue weighted by Crippen LogP contribution is 2.36. The molecule has 134 valence electrons. The van der Waals surface area contributed by atoms with E-state index in [0.29, 0.717) is 11.5 Å². The lowest BCUT2D eigenvalue weighted by atomic mass is 9.90. The number of aliphatic hydroxyl groups excluding tert-OH is 1. The summed E-state index contributed by atoms with van der Waals surface area (Å²) >= 11 is 0. The van der Waals surface area contributed by atoms with Gasteiger partial charge in [0.15, 0.2) is 9.84 Å². The molecular formula is C19H23NO4S. The quantitative estimate of drug-likeness (QED) is 0.856. The van der Waals surface area contributed by atoms with Gasteiger partial charge in [-0.25, -0.2) is 8.42 Å². The van der Waals surface area contributed by atoms with Crippen molar-refractivity contribution < 1.29 is 18.3 Å². The lowest BCUT2D eigenvalue weighted by molar-refractivity contribution is 0.107. The number of hydrogen-bond acceptors (Lipinski definition) is 5. The summed E-state index contributed by atoms with van der Waals surface area (Å²) < 4.78 is 28.9. The summed E-state index contributed by atoms with van der Waals surface area (Å²) in [5, 5.41) is 13.3. The number of nitrogens with one attached hydrogen (secondary N) is 1. The predicted octanol–water partition coefficient (Wildman–Crippen LogP) is 2.48. The number of ether oxygens (including phenoxy) is 1. The molecule has 2 aromatic rings. The Hall–Kier alpha value is -1.89. The van der Waals surface area contributed by atoms with Crippen molar-refractivity contribution in [2.75, 3.05) is 19.5 Å². The Labute approximate surface area is 148 Å². The second kappa shape index (κ2) is 7.15. The Balaban J connectivity index is 1.83. The number of para-hydroxylation sites is 1. The van der Waals surface area contributed by atoms with Crippen LogP contribution in [0.25, 0.3) is 0 Å². The van der Waals surface area contributed by atoms with Gasteiger partial charge in [0.05, 0.1) is 18.1 Å². The molecule has 0 aliphatic carbocycles. The van der Waals surface area contributed by atoms with Crippen molar-refractivity contribution in [3.63, 3.8) is 0 Å². The van der Waals surface area contributed by atoms with Crippen molar-refractivity contribution in [2.24, 2.45) is 5.92 Å². The first-order valence-corrected chi connectivity index (χ1v) is 10.2. The molecule has 25 heavy (non-hydrogen) atoms. The van der Waals surface area contributed by atoms with Crippen LogP contribution in [0.5, 0.6) is 5.75 Å². The average molecular weight is 361 g/mol. The second-order valence-electron chi connectivity index (χ2n) is 6.50. The zero-order valence-corrected chi connectivity index (χ0v) is 15.2. The maximum atomic E-state index is 11.6. The van der Waals surface area contributed by atoms with Crippen molar-refractivity contribution >= 4 is 9.84 Å². The number of fused-ring (bicyclic) bond motifs is 1. The van der Waals surface area contributed by atoms with Crippen LogP contribution in [0.15, 0.2) is 53.4 Å². The Morgan fingerprint density at radius 3 is 2.52 bits per heavy atom. The van der Waals surface area contributed by atoms with Gasteiger partial charge in [0.1, 0.15) is 5.75 Å². The summed E-state index contributed by atoms with van der Waals surface area (Å²) in [7, 11) is -3.20. The molecule has 0 aromatic heterocycles. The maximum Gasteiger partial charge on any atom is 0.175 e. The molecule has 0 radical (unpaired) electrons. The molecular weight excluding hydrogens is 338 g/mol. The van der Waals surface area contributed by atoms with Crippen molar-refractivity contribution in [3.8, 4) is 5.75 Å². The maximum absolute atomic E-state index is 11.6. The van der Waals surface area contributed by atoms with Crippen LogP contribution in [-0.2, 0) is 9.84 Å².